The summed E-state index contributed by atoms with van der Waals surface area (Å²) >= 11 is 6.14. The van der Waals surface area contributed by atoms with Gasteiger partial charge >= 0.3 is 0 Å². The molecule has 1 atom stereocenters. The smallest absolute Gasteiger partial charge is 0.253 e. The van der Waals surface area contributed by atoms with E-state index in [1.807, 2.05) is 53.4 Å². The van der Waals surface area contributed by atoms with Gasteiger partial charge in [0.25, 0.3) is 5.91 Å². The van der Waals surface area contributed by atoms with Gasteiger partial charge in [0.2, 0.25) is 0 Å². The van der Waals surface area contributed by atoms with Gasteiger partial charge in [0.1, 0.15) is 12.4 Å². The maximum absolute atomic E-state index is 12.9. The molecule has 0 aromatic heterocycles. The number of nitrogens with zero attached hydrogens (tertiary/aromatic N) is 1. The number of methoxy groups -OCH3 is 1. The van der Waals surface area contributed by atoms with E-state index in [1.54, 1.807) is 7.11 Å². The number of ether oxygens (including phenoxy) is 2. The van der Waals surface area contributed by atoms with Gasteiger partial charge in [-0.1, -0.05) is 29.8 Å². The zero-order valence-electron chi connectivity index (χ0n) is 15.2. The molecule has 1 unspecified atom stereocenters. The van der Waals surface area contributed by atoms with E-state index >= 15 is 0 Å². The molecule has 3 rings (SSSR count). The second-order valence-corrected chi connectivity index (χ2v) is 7.03. The molecule has 2 aromatic carbocycles. The summed E-state index contributed by atoms with van der Waals surface area (Å²) in [6.07, 6.45) is 2.34. The Bertz CT molecular complexity index is 743. The van der Waals surface area contributed by atoms with Gasteiger partial charge < -0.3 is 14.4 Å². The minimum absolute atomic E-state index is 0.0221. The van der Waals surface area contributed by atoms with Gasteiger partial charge in [0, 0.05) is 16.8 Å². The molecule has 138 valence electrons. The lowest BCUT2D eigenvalue weighted by Gasteiger charge is -2.29. The van der Waals surface area contributed by atoms with Gasteiger partial charge in [-0.2, -0.15) is 0 Å². The highest BCUT2D eigenvalue weighted by Crippen LogP contribution is 2.37. The van der Waals surface area contributed by atoms with E-state index in [9.17, 15) is 4.79 Å². The molecule has 1 amide bonds. The van der Waals surface area contributed by atoms with Crippen molar-refractivity contribution in [2.45, 2.75) is 32.4 Å². The van der Waals surface area contributed by atoms with Crippen molar-refractivity contribution in [3.05, 3.63) is 59.1 Å². The topological polar surface area (TPSA) is 38.8 Å². The molecule has 26 heavy (non-hydrogen) atoms. The fourth-order valence-electron chi connectivity index (χ4n) is 3.07. The van der Waals surface area contributed by atoms with Crippen molar-refractivity contribution < 1.29 is 14.3 Å². The third kappa shape index (κ3) is 4.57. The number of carbonyl (C=O) groups excluding carboxylic acids is 1. The second kappa shape index (κ2) is 8.56. The molecular formula is C21H24ClNO3. The maximum Gasteiger partial charge on any atom is 0.253 e. The van der Waals surface area contributed by atoms with E-state index in [0.717, 1.165) is 17.0 Å². The summed E-state index contributed by atoms with van der Waals surface area (Å²) in [5.41, 5.74) is 1.75. The Balaban J connectivity index is 1.67. The van der Waals surface area contributed by atoms with E-state index in [1.165, 1.54) is 12.8 Å². The predicted molar refractivity (Wildman–Crippen MR) is 104 cm³/mol. The average Bonchev–Trinajstić information content (AvgIpc) is 3.49. The maximum atomic E-state index is 12.9. The normalized spacial score (nSPS) is 14.7. The predicted octanol–water partition coefficient (Wildman–Crippen LogP) is 4.70. The number of anilines is 1. The molecule has 0 N–H and O–H groups in total. The van der Waals surface area contributed by atoms with Crippen LogP contribution in [0.5, 0.6) is 5.75 Å². The van der Waals surface area contributed by atoms with Crippen LogP contribution in [0.4, 0.5) is 5.69 Å². The standard InChI is InChI=1S/C21H24ClNO3/c1-15(16-7-8-16)23(18-9-11-19(25-2)12-10-18)21(24)14-26-13-17-5-3-4-6-20(17)22/h3-6,9-12,15-16H,7-8,13-14H2,1-2H3. The zero-order valence-corrected chi connectivity index (χ0v) is 15.9. The highest BCUT2D eigenvalue weighted by atomic mass is 35.5. The molecule has 0 aliphatic heterocycles. The molecule has 4 nitrogen and oxygen atoms in total. The Labute approximate surface area is 159 Å². The van der Waals surface area contributed by atoms with Crippen molar-refractivity contribution in [3.63, 3.8) is 0 Å². The molecule has 0 spiro atoms. The molecular weight excluding hydrogens is 350 g/mol. The van der Waals surface area contributed by atoms with Gasteiger partial charge in [-0.05, 0) is 61.6 Å². The van der Waals surface area contributed by atoms with Gasteiger partial charge in [-0.3, -0.25) is 4.79 Å². The van der Waals surface area contributed by atoms with Gasteiger partial charge in [0.05, 0.1) is 13.7 Å². The molecule has 2 aromatic rings. The first kappa shape index (κ1) is 18.7. The van der Waals surface area contributed by atoms with E-state index in [2.05, 4.69) is 6.92 Å². The molecule has 5 heteroatoms. The first-order valence-electron chi connectivity index (χ1n) is 8.87. The van der Waals surface area contributed by atoms with Crippen LogP contribution >= 0.6 is 11.6 Å². The summed E-state index contributed by atoms with van der Waals surface area (Å²) < 4.78 is 10.9. The summed E-state index contributed by atoms with van der Waals surface area (Å²) in [6, 6.07) is 15.2. The molecule has 1 aliphatic carbocycles. The van der Waals surface area contributed by atoms with Crippen molar-refractivity contribution >= 4 is 23.2 Å². The van der Waals surface area contributed by atoms with Crippen molar-refractivity contribution in [1.29, 1.82) is 0 Å². The fraction of sp³-hybridized carbons (Fsp3) is 0.381. The highest BCUT2D eigenvalue weighted by molar-refractivity contribution is 6.31. The van der Waals surface area contributed by atoms with Crippen LogP contribution < -0.4 is 9.64 Å². The quantitative estimate of drug-likeness (QED) is 0.673. The van der Waals surface area contributed by atoms with Crippen LogP contribution in [0.15, 0.2) is 48.5 Å². The average molecular weight is 374 g/mol. The zero-order chi connectivity index (χ0) is 18.5. The van der Waals surface area contributed by atoms with Crippen molar-refractivity contribution in [2.75, 3.05) is 18.6 Å². The van der Waals surface area contributed by atoms with E-state index in [0.29, 0.717) is 17.5 Å². The number of halogens is 1. The molecule has 1 saturated carbocycles. The first-order valence-corrected chi connectivity index (χ1v) is 9.25. The van der Waals surface area contributed by atoms with E-state index in [-0.39, 0.29) is 18.6 Å². The molecule has 0 radical (unpaired) electrons. The lowest BCUT2D eigenvalue weighted by molar-refractivity contribution is -0.124. The third-order valence-corrected chi connectivity index (χ3v) is 5.14. The largest absolute Gasteiger partial charge is 0.497 e. The summed E-state index contributed by atoms with van der Waals surface area (Å²) in [5.74, 6) is 1.29. The molecule has 0 saturated heterocycles. The summed E-state index contributed by atoms with van der Waals surface area (Å²) in [7, 11) is 1.63. The van der Waals surface area contributed by atoms with Crippen LogP contribution in [0.2, 0.25) is 5.02 Å². The number of benzene rings is 2. The van der Waals surface area contributed by atoms with Crippen LogP contribution in [0.1, 0.15) is 25.3 Å². The van der Waals surface area contributed by atoms with Crippen LogP contribution in [0.3, 0.4) is 0 Å². The summed E-state index contributed by atoms with van der Waals surface area (Å²) in [5, 5.41) is 0.651. The number of rotatable bonds is 8. The lowest BCUT2D eigenvalue weighted by atomic mass is 10.1. The van der Waals surface area contributed by atoms with Crippen LogP contribution in [0, 0.1) is 5.92 Å². The summed E-state index contributed by atoms with van der Waals surface area (Å²) in [4.78, 5) is 14.7. The van der Waals surface area contributed by atoms with E-state index in [4.69, 9.17) is 21.1 Å². The monoisotopic (exact) mass is 373 g/mol. The number of hydrogen-bond donors (Lipinski definition) is 0. The third-order valence-electron chi connectivity index (χ3n) is 4.77. The molecule has 1 aliphatic rings. The summed E-state index contributed by atoms with van der Waals surface area (Å²) in [6.45, 7) is 2.45. The minimum atomic E-state index is -0.0402. The van der Waals surface area contributed by atoms with Crippen molar-refractivity contribution in [1.82, 2.24) is 0 Å². The minimum Gasteiger partial charge on any atom is -0.497 e. The van der Waals surface area contributed by atoms with Crippen molar-refractivity contribution in [3.8, 4) is 5.75 Å². The Morgan fingerprint density at radius 1 is 1.19 bits per heavy atom. The van der Waals surface area contributed by atoms with Crippen LogP contribution in [0.25, 0.3) is 0 Å². The SMILES string of the molecule is COc1ccc(N(C(=O)COCc2ccccc2Cl)C(C)C2CC2)cc1. The van der Waals surface area contributed by atoms with Crippen molar-refractivity contribution in [2.24, 2.45) is 5.92 Å². The highest BCUT2D eigenvalue weighted by Gasteiger charge is 2.35. The van der Waals surface area contributed by atoms with Crippen LogP contribution in [-0.4, -0.2) is 25.7 Å². The van der Waals surface area contributed by atoms with Gasteiger partial charge in [0.15, 0.2) is 0 Å². The van der Waals surface area contributed by atoms with Gasteiger partial charge in [-0.15, -0.1) is 0 Å². The Hall–Kier alpha value is -2.04. The molecule has 0 bridgehead atoms. The number of carbonyl (C=O) groups is 1. The fourth-order valence-corrected chi connectivity index (χ4v) is 3.26. The van der Waals surface area contributed by atoms with Crippen LogP contribution in [-0.2, 0) is 16.1 Å². The Kier molecular flexibility index (Phi) is 6.17. The molecule has 1 fully saturated rings. The Morgan fingerprint density at radius 3 is 2.50 bits per heavy atom. The Morgan fingerprint density at radius 2 is 1.88 bits per heavy atom. The number of hydrogen-bond acceptors (Lipinski definition) is 3. The first-order chi connectivity index (χ1) is 12.6. The van der Waals surface area contributed by atoms with E-state index < -0.39 is 0 Å². The van der Waals surface area contributed by atoms with Gasteiger partial charge in [-0.25, -0.2) is 0 Å². The molecule has 0 heterocycles. The lowest BCUT2D eigenvalue weighted by Crippen LogP contribution is -2.42. The number of amides is 1. The second-order valence-electron chi connectivity index (χ2n) is 6.62.